The molecule has 1 nitrogen and oxygen atoms in total. The van der Waals surface area contributed by atoms with Crippen LogP contribution in [0.1, 0.15) is 52.0 Å². The van der Waals surface area contributed by atoms with Gasteiger partial charge in [-0.25, -0.2) is 4.39 Å². The van der Waals surface area contributed by atoms with Gasteiger partial charge in [0.05, 0.1) is 0 Å². The highest BCUT2D eigenvalue weighted by Gasteiger charge is 2.61. The van der Waals surface area contributed by atoms with Gasteiger partial charge in [-0.1, -0.05) is 17.7 Å². The van der Waals surface area contributed by atoms with Crippen molar-refractivity contribution in [1.29, 1.82) is 0 Å². The molecule has 2 saturated carbocycles. The van der Waals surface area contributed by atoms with Gasteiger partial charge in [-0.3, -0.25) is 0 Å². The van der Waals surface area contributed by atoms with Crippen molar-refractivity contribution >= 4 is 11.6 Å². The molecule has 0 saturated heterocycles. The Morgan fingerprint density at radius 1 is 1.25 bits per heavy atom. The number of benzene rings is 1. The zero-order valence-corrected chi connectivity index (χ0v) is 13.3. The predicted octanol–water partition coefficient (Wildman–Crippen LogP) is 4.68. The third-order valence-corrected chi connectivity index (χ3v) is 5.16. The summed E-state index contributed by atoms with van der Waals surface area (Å²) >= 11 is 6.32. The molecule has 0 amide bonds. The second kappa shape index (κ2) is 4.45. The molecule has 0 bridgehead atoms. The molecule has 0 aromatic heterocycles. The molecule has 0 heterocycles. The van der Waals surface area contributed by atoms with Crippen molar-refractivity contribution in [3.05, 3.63) is 34.6 Å². The number of hydrogen-bond acceptors (Lipinski definition) is 1. The molecule has 0 aliphatic heterocycles. The van der Waals surface area contributed by atoms with E-state index in [2.05, 4.69) is 26.1 Å². The molecule has 3 heteroatoms. The van der Waals surface area contributed by atoms with Crippen LogP contribution in [0.4, 0.5) is 4.39 Å². The first-order chi connectivity index (χ1) is 9.24. The Bertz CT molecular complexity index is 520. The first-order valence-electron chi connectivity index (χ1n) is 7.44. The van der Waals surface area contributed by atoms with E-state index in [1.165, 1.54) is 37.8 Å². The third-order valence-electron chi connectivity index (χ3n) is 4.84. The lowest BCUT2D eigenvalue weighted by Crippen LogP contribution is -2.53. The molecular weight excluding hydrogens is 273 g/mol. The van der Waals surface area contributed by atoms with Gasteiger partial charge in [0, 0.05) is 22.5 Å². The summed E-state index contributed by atoms with van der Waals surface area (Å²) < 4.78 is 13.3. The Morgan fingerprint density at radius 3 is 2.40 bits per heavy atom. The number of nitrogens with one attached hydrogen (secondary N) is 1. The summed E-state index contributed by atoms with van der Waals surface area (Å²) in [6.45, 7) is 7.46. The smallest absolute Gasteiger partial charge is 0.124 e. The molecule has 20 heavy (non-hydrogen) atoms. The lowest BCUT2D eigenvalue weighted by molar-refractivity contribution is 0.108. The van der Waals surface area contributed by atoms with E-state index in [0.717, 1.165) is 12.1 Å². The summed E-state index contributed by atoms with van der Waals surface area (Å²) in [5.74, 6) is -0.252. The van der Waals surface area contributed by atoms with Crippen LogP contribution < -0.4 is 5.32 Å². The summed E-state index contributed by atoms with van der Waals surface area (Å²) in [4.78, 5) is 0. The van der Waals surface area contributed by atoms with Crippen molar-refractivity contribution in [2.24, 2.45) is 5.41 Å². The van der Waals surface area contributed by atoms with E-state index in [4.69, 9.17) is 11.6 Å². The van der Waals surface area contributed by atoms with Crippen LogP contribution in [0, 0.1) is 11.2 Å². The fourth-order valence-corrected chi connectivity index (χ4v) is 4.05. The van der Waals surface area contributed by atoms with Crippen molar-refractivity contribution in [2.45, 2.75) is 57.4 Å². The Kier molecular flexibility index (Phi) is 3.19. The maximum absolute atomic E-state index is 13.3. The van der Waals surface area contributed by atoms with Gasteiger partial charge in [0.2, 0.25) is 0 Å². The standard InChI is InChI=1S/C17H23ClFN/c1-15(2,3)20-11-17(9-16(10-17)6-7-16)13-5-4-12(19)8-14(13)18/h4-5,8,20H,6-7,9-11H2,1-3H3. The summed E-state index contributed by atoms with van der Waals surface area (Å²) in [5.41, 5.74) is 1.88. The molecule has 1 aromatic carbocycles. The zero-order valence-electron chi connectivity index (χ0n) is 12.5. The average molecular weight is 296 g/mol. The molecule has 1 spiro atoms. The molecule has 0 radical (unpaired) electrons. The highest BCUT2D eigenvalue weighted by molar-refractivity contribution is 6.31. The minimum Gasteiger partial charge on any atom is -0.311 e. The van der Waals surface area contributed by atoms with Crippen LogP contribution in [0.2, 0.25) is 5.02 Å². The Morgan fingerprint density at radius 2 is 1.90 bits per heavy atom. The van der Waals surface area contributed by atoms with Crippen LogP contribution in [0.5, 0.6) is 0 Å². The van der Waals surface area contributed by atoms with Crippen molar-refractivity contribution in [2.75, 3.05) is 6.54 Å². The van der Waals surface area contributed by atoms with Crippen molar-refractivity contribution < 1.29 is 4.39 Å². The molecule has 2 aliphatic carbocycles. The summed E-state index contributed by atoms with van der Waals surface area (Å²) in [7, 11) is 0. The predicted molar refractivity (Wildman–Crippen MR) is 81.7 cm³/mol. The van der Waals surface area contributed by atoms with E-state index in [1.54, 1.807) is 0 Å². The van der Waals surface area contributed by atoms with E-state index in [0.29, 0.717) is 10.4 Å². The lowest BCUT2D eigenvalue weighted by Gasteiger charge is -2.51. The fourth-order valence-electron chi connectivity index (χ4n) is 3.68. The van der Waals surface area contributed by atoms with Crippen LogP contribution in [0.25, 0.3) is 0 Å². The maximum atomic E-state index is 13.3. The fraction of sp³-hybridized carbons (Fsp3) is 0.647. The molecule has 2 fully saturated rings. The highest BCUT2D eigenvalue weighted by atomic mass is 35.5. The van der Waals surface area contributed by atoms with Gasteiger partial charge in [0.1, 0.15) is 5.82 Å². The molecule has 3 rings (SSSR count). The minimum atomic E-state index is -0.252. The van der Waals surface area contributed by atoms with Crippen LogP contribution in [0.15, 0.2) is 18.2 Å². The first-order valence-corrected chi connectivity index (χ1v) is 7.82. The third kappa shape index (κ3) is 2.60. The normalized spacial score (nSPS) is 22.6. The monoisotopic (exact) mass is 295 g/mol. The maximum Gasteiger partial charge on any atom is 0.124 e. The topological polar surface area (TPSA) is 12.0 Å². The Balaban J connectivity index is 1.86. The second-order valence-corrected chi connectivity index (χ2v) is 8.27. The van der Waals surface area contributed by atoms with E-state index < -0.39 is 0 Å². The van der Waals surface area contributed by atoms with E-state index in [-0.39, 0.29) is 16.8 Å². The quantitative estimate of drug-likeness (QED) is 0.854. The first kappa shape index (κ1) is 14.3. The van der Waals surface area contributed by atoms with Gasteiger partial charge in [-0.05, 0) is 69.6 Å². The highest BCUT2D eigenvalue weighted by Crippen LogP contribution is 2.69. The molecule has 2 aliphatic rings. The number of halogens is 2. The largest absolute Gasteiger partial charge is 0.311 e. The Hall–Kier alpha value is -0.600. The van der Waals surface area contributed by atoms with Gasteiger partial charge in [-0.2, -0.15) is 0 Å². The summed E-state index contributed by atoms with van der Waals surface area (Å²) in [6, 6.07) is 4.88. The van der Waals surface area contributed by atoms with Crippen molar-refractivity contribution in [3.8, 4) is 0 Å². The molecule has 110 valence electrons. The zero-order chi connectivity index (χ0) is 14.6. The number of rotatable bonds is 3. The van der Waals surface area contributed by atoms with Crippen LogP contribution in [0.3, 0.4) is 0 Å². The summed E-state index contributed by atoms with van der Waals surface area (Å²) in [6.07, 6.45) is 5.08. The van der Waals surface area contributed by atoms with Gasteiger partial charge in [0.25, 0.3) is 0 Å². The SMILES string of the molecule is CC(C)(C)NCC1(c2ccc(F)cc2Cl)CC2(CC2)C1. The lowest BCUT2D eigenvalue weighted by atomic mass is 9.56. The molecule has 0 unspecified atom stereocenters. The van der Waals surface area contributed by atoms with Crippen LogP contribution in [-0.2, 0) is 5.41 Å². The average Bonchev–Trinajstić information content (AvgIpc) is 3.04. The number of hydrogen-bond donors (Lipinski definition) is 1. The van der Waals surface area contributed by atoms with Crippen LogP contribution in [-0.4, -0.2) is 12.1 Å². The minimum absolute atomic E-state index is 0.0891. The summed E-state index contributed by atoms with van der Waals surface area (Å²) in [5, 5.41) is 4.20. The van der Waals surface area contributed by atoms with Gasteiger partial charge < -0.3 is 5.32 Å². The second-order valence-electron chi connectivity index (χ2n) is 7.86. The van der Waals surface area contributed by atoms with Crippen LogP contribution >= 0.6 is 11.6 Å². The van der Waals surface area contributed by atoms with E-state index in [1.807, 2.05) is 6.07 Å². The van der Waals surface area contributed by atoms with E-state index >= 15 is 0 Å². The van der Waals surface area contributed by atoms with Crippen molar-refractivity contribution in [3.63, 3.8) is 0 Å². The van der Waals surface area contributed by atoms with E-state index in [9.17, 15) is 4.39 Å². The molecular formula is C17H23ClFN. The van der Waals surface area contributed by atoms with Gasteiger partial charge in [0.15, 0.2) is 0 Å². The van der Waals surface area contributed by atoms with Gasteiger partial charge in [-0.15, -0.1) is 0 Å². The molecule has 1 N–H and O–H groups in total. The molecule has 0 atom stereocenters. The Labute approximate surface area is 125 Å². The van der Waals surface area contributed by atoms with Gasteiger partial charge >= 0.3 is 0 Å². The van der Waals surface area contributed by atoms with Crippen molar-refractivity contribution in [1.82, 2.24) is 5.32 Å². The molecule has 1 aromatic rings.